The van der Waals surface area contributed by atoms with Crippen molar-refractivity contribution in [1.29, 1.82) is 0 Å². The first-order valence-electron chi connectivity index (χ1n) is 3.26. The summed E-state index contributed by atoms with van der Waals surface area (Å²) in [5.41, 5.74) is 1.19. The van der Waals surface area contributed by atoms with Gasteiger partial charge in [-0.1, -0.05) is 10.3 Å². The van der Waals surface area contributed by atoms with Crippen LogP contribution in [0.5, 0.6) is 0 Å². The molecule has 0 unspecified atom stereocenters. The molecule has 0 spiro atoms. The van der Waals surface area contributed by atoms with Crippen LogP contribution in [0.15, 0.2) is 10.3 Å². The van der Waals surface area contributed by atoms with Crippen molar-refractivity contribution in [3.63, 3.8) is 0 Å². The minimum atomic E-state index is 0.489. The molecule has 64 valence electrons. The van der Waals surface area contributed by atoms with Gasteiger partial charge >= 0.3 is 0 Å². The van der Waals surface area contributed by atoms with Crippen LogP contribution < -0.4 is 5.32 Å². The molecular formula is C6H13N3O2. The van der Waals surface area contributed by atoms with E-state index in [0.29, 0.717) is 24.5 Å². The Bertz CT molecular complexity index is 147. The zero-order chi connectivity index (χ0) is 8.69. The van der Waals surface area contributed by atoms with Gasteiger partial charge < -0.3 is 15.7 Å². The summed E-state index contributed by atoms with van der Waals surface area (Å²) in [7, 11) is 0. The van der Waals surface area contributed by atoms with Crippen LogP contribution in [0, 0.1) is 0 Å². The molecule has 11 heavy (non-hydrogen) atoms. The largest absolute Gasteiger partial charge is 0.411 e. The van der Waals surface area contributed by atoms with Crippen molar-refractivity contribution >= 4 is 11.4 Å². The van der Waals surface area contributed by atoms with Gasteiger partial charge in [0, 0.05) is 13.1 Å². The van der Waals surface area contributed by atoms with Gasteiger partial charge in [0.25, 0.3) is 0 Å². The summed E-state index contributed by atoms with van der Waals surface area (Å²) in [5.74, 6) is 0. The molecule has 3 N–H and O–H groups in total. The fourth-order valence-corrected chi connectivity index (χ4v) is 0.495. The minimum Gasteiger partial charge on any atom is -0.411 e. The summed E-state index contributed by atoms with van der Waals surface area (Å²) in [5, 5.41) is 25.3. The van der Waals surface area contributed by atoms with E-state index in [9.17, 15) is 0 Å². The second-order valence-electron chi connectivity index (χ2n) is 2.27. The maximum atomic E-state index is 8.23. The van der Waals surface area contributed by atoms with E-state index in [1.807, 2.05) is 0 Å². The average Bonchev–Trinajstić information content (AvgIpc) is 2.04. The molecule has 0 fully saturated rings. The van der Waals surface area contributed by atoms with Crippen molar-refractivity contribution in [2.75, 3.05) is 13.1 Å². The molecule has 0 aliphatic rings. The van der Waals surface area contributed by atoms with Crippen molar-refractivity contribution < 1.29 is 10.4 Å². The van der Waals surface area contributed by atoms with Gasteiger partial charge in [0.2, 0.25) is 0 Å². The van der Waals surface area contributed by atoms with Crippen LogP contribution >= 0.6 is 0 Å². The zero-order valence-electron chi connectivity index (χ0n) is 6.70. The number of nitrogens with one attached hydrogen (secondary N) is 1. The molecule has 0 atom stereocenters. The number of hydrogen-bond donors (Lipinski definition) is 3. The van der Waals surface area contributed by atoms with E-state index in [-0.39, 0.29) is 0 Å². The minimum absolute atomic E-state index is 0.489. The Morgan fingerprint density at radius 3 is 1.73 bits per heavy atom. The lowest BCUT2D eigenvalue weighted by atomic mass is 10.4. The predicted octanol–water partition coefficient (Wildman–Crippen LogP) is 0.276. The third-order valence-corrected chi connectivity index (χ3v) is 1.10. The van der Waals surface area contributed by atoms with Crippen LogP contribution in [0.25, 0.3) is 0 Å². The lowest BCUT2D eigenvalue weighted by molar-refractivity contribution is 0.316. The molecule has 0 aliphatic heterocycles. The average molecular weight is 159 g/mol. The first kappa shape index (κ1) is 9.90. The molecule has 5 heteroatoms. The molecule has 5 nitrogen and oxygen atoms in total. The summed E-state index contributed by atoms with van der Waals surface area (Å²) in [4.78, 5) is 0. The van der Waals surface area contributed by atoms with E-state index in [0.717, 1.165) is 0 Å². The number of rotatable bonds is 4. The molecule has 0 bridgehead atoms. The molecular weight excluding hydrogens is 146 g/mol. The van der Waals surface area contributed by atoms with E-state index in [1.54, 1.807) is 13.8 Å². The Kier molecular flexibility index (Phi) is 5.10. The molecule has 0 aromatic carbocycles. The van der Waals surface area contributed by atoms with Crippen LogP contribution in [0.2, 0.25) is 0 Å². The number of hydrogen-bond acceptors (Lipinski definition) is 5. The van der Waals surface area contributed by atoms with Gasteiger partial charge in [-0.2, -0.15) is 0 Å². The lowest BCUT2D eigenvalue weighted by Crippen LogP contribution is -2.26. The van der Waals surface area contributed by atoms with Crippen LogP contribution in [0.4, 0.5) is 0 Å². The maximum absolute atomic E-state index is 8.23. The zero-order valence-corrected chi connectivity index (χ0v) is 6.70. The van der Waals surface area contributed by atoms with Crippen LogP contribution in [0.3, 0.4) is 0 Å². The summed E-state index contributed by atoms with van der Waals surface area (Å²) >= 11 is 0. The molecule has 0 amide bonds. The van der Waals surface area contributed by atoms with Gasteiger partial charge in [0.1, 0.15) is 0 Å². The van der Waals surface area contributed by atoms with Gasteiger partial charge in [-0.15, -0.1) is 0 Å². The van der Waals surface area contributed by atoms with Crippen molar-refractivity contribution in [3.8, 4) is 0 Å². The maximum Gasteiger partial charge on any atom is 0.0677 e. The quantitative estimate of drug-likeness (QED) is 0.313. The molecule has 0 aromatic rings. The molecule has 0 aromatic heterocycles. The fourth-order valence-electron chi connectivity index (χ4n) is 0.495. The Balaban J connectivity index is 3.43. The number of oxime groups is 2. The van der Waals surface area contributed by atoms with Crippen LogP contribution in [-0.4, -0.2) is 34.9 Å². The monoisotopic (exact) mass is 159 g/mol. The summed E-state index contributed by atoms with van der Waals surface area (Å²) in [6, 6.07) is 0. The van der Waals surface area contributed by atoms with E-state index in [2.05, 4.69) is 15.6 Å². The highest BCUT2D eigenvalue weighted by Crippen LogP contribution is 1.74. The molecule has 0 aliphatic carbocycles. The fraction of sp³-hybridized carbons (Fsp3) is 0.667. The predicted molar refractivity (Wildman–Crippen MR) is 42.7 cm³/mol. The summed E-state index contributed by atoms with van der Waals surface area (Å²) in [6.07, 6.45) is 0. The second kappa shape index (κ2) is 5.67. The Labute approximate surface area is 65.4 Å². The van der Waals surface area contributed by atoms with Gasteiger partial charge in [-0.05, 0) is 13.8 Å². The molecule has 0 heterocycles. The third-order valence-electron chi connectivity index (χ3n) is 1.10. The Morgan fingerprint density at radius 1 is 1.09 bits per heavy atom. The molecule has 0 saturated carbocycles. The summed E-state index contributed by atoms with van der Waals surface area (Å²) in [6.45, 7) is 4.36. The van der Waals surface area contributed by atoms with Crippen molar-refractivity contribution in [2.45, 2.75) is 13.8 Å². The second-order valence-corrected chi connectivity index (χ2v) is 2.27. The van der Waals surface area contributed by atoms with E-state index < -0.39 is 0 Å². The van der Waals surface area contributed by atoms with E-state index in [4.69, 9.17) is 10.4 Å². The third kappa shape index (κ3) is 5.35. The van der Waals surface area contributed by atoms with Crippen molar-refractivity contribution in [1.82, 2.24) is 5.32 Å². The highest BCUT2D eigenvalue weighted by molar-refractivity contribution is 5.86. The molecule has 0 radical (unpaired) electrons. The SMILES string of the molecule is C/C(CNC/C(C)=N/O)=N/O. The van der Waals surface area contributed by atoms with Crippen molar-refractivity contribution in [3.05, 3.63) is 0 Å². The Morgan fingerprint density at radius 2 is 1.45 bits per heavy atom. The van der Waals surface area contributed by atoms with Gasteiger partial charge in [-0.3, -0.25) is 0 Å². The molecule has 0 saturated heterocycles. The van der Waals surface area contributed by atoms with E-state index in [1.165, 1.54) is 0 Å². The lowest BCUT2D eigenvalue weighted by Gasteiger charge is -2.00. The van der Waals surface area contributed by atoms with Crippen LogP contribution in [-0.2, 0) is 0 Å². The van der Waals surface area contributed by atoms with Gasteiger partial charge in [0.15, 0.2) is 0 Å². The smallest absolute Gasteiger partial charge is 0.0677 e. The molecule has 0 rings (SSSR count). The van der Waals surface area contributed by atoms with E-state index >= 15 is 0 Å². The van der Waals surface area contributed by atoms with Crippen molar-refractivity contribution in [2.24, 2.45) is 10.3 Å². The topological polar surface area (TPSA) is 77.2 Å². The highest BCUT2D eigenvalue weighted by Gasteiger charge is 1.92. The Hall–Kier alpha value is -1.10. The number of nitrogens with zero attached hydrogens (tertiary/aromatic N) is 2. The normalized spacial score (nSPS) is 13.6. The standard InChI is InChI=1S/C6H13N3O2/c1-5(8-10)3-7-4-6(2)9-11/h7,10-11H,3-4H2,1-2H3/b8-5-,9-6+. The highest BCUT2D eigenvalue weighted by atomic mass is 16.4. The van der Waals surface area contributed by atoms with Gasteiger partial charge in [-0.25, -0.2) is 0 Å². The first-order valence-corrected chi connectivity index (χ1v) is 3.26. The van der Waals surface area contributed by atoms with Gasteiger partial charge in [0.05, 0.1) is 11.4 Å². The first-order chi connectivity index (χ1) is 5.20. The van der Waals surface area contributed by atoms with Crippen LogP contribution in [0.1, 0.15) is 13.8 Å². The summed E-state index contributed by atoms with van der Waals surface area (Å²) < 4.78 is 0.